The van der Waals surface area contributed by atoms with E-state index in [1.807, 2.05) is 24.3 Å². The van der Waals surface area contributed by atoms with Gasteiger partial charge in [-0.3, -0.25) is 0 Å². The highest BCUT2D eigenvalue weighted by atomic mass is 16.5. The Balaban J connectivity index is 2.63. The lowest BCUT2D eigenvalue weighted by atomic mass is 10.2. The Labute approximate surface area is 119 Å². The second kappa shape index (κ2) is 9.30. The summed E-state index contributed by atoms with van der Waals surface area (Å²) in [6.07, 6.45) is 0. The van der Waals surface area contributed by atoms with Gasteiger partial charge in [0.25, 0.3) is 0 Å². The molecule has 0 fully saturated rings. The monoisotopic (exact) mass is 281 g/mol. The van der Waals surface area contributed by atoms with Crippen LogP contribution in [-0.4, -0.2) is 51.5 Å². The van der Waals surface area contributed by atoms with Gasteiger partial charge in [0.05, 0.1) is 13.2 Å². The van der Waals surface area contributed by atoms with Crippen LogP contribution < -0.4 is 11.1 Å². The van der Waals surface area contributed by atoms with Crippen molar-refractivity contribution in [3.8, 4) is 0 Å². The van der Waals surface area contributed by atoms with Crippen molar-refractivity contribution in [2.45, 2.75) is 6.54 Å². The van der Waals surface area contributed by atoms with Crippen LogP contribution in [0.2, 0.25) is 0 Å². The van der Waals surface area contributed by atoms with E-state index in [4.69, 9.17) is 15.2 Å². The molecule has 1 aromatic rings. The van der Waals surface area contributed by atoms with Crippen molar-refractivity contribution >= 4 is 11.7 Å². The molecule has 3 N–H and O–H groups in total. The molecule has 0 heterocycles. The van der Waals surface area contributed by atoms with Crippen LogP contribution in [0.3, 0.4) is 0 Å². The van der Waals surface area contributed by atoms with Gasteiger partial charge in [-0.25, -0.2) is 4.79 Å². The van der Waals surface area contributed by atoms with E-state index in [1.165, 1.54) is 0 Å². The van der Waals surface area contributed by atoms with Crippen LogP contribution >= 0.6 is 0 Å². The maximum atomic E-state index is 12.2. The van der Waals surface area contributed by atoms with E-state index in [2.05, 4.69) is 5.32 Å². The topological polar surface area (TPSA) is 76.8 Å². The number of hydrogen-bond donors (Lipinski definition) is 2. The molecule has 6 heteroatoms. The lowest BCUT2D eigenvalue weighted by Gasteiger charge is -2.22. The van der Waals surface area contributed by atoms with Crippen LogP contribution in [0.4, 0.5) is 10.5 Å². The molecule has 2 amide bonds. The number of ether oxygens (including phenoxy) is 2. The Hall–Kier alpha value is -1.63. The molecule has 0 aliphatic rings. The Morgan fingerprint density at radius 3 is 2.45 bits per heavy atom. The van der Waals surface area contributed by atoms with Gasteiger partial charge in [0.15, 0.2) is 0 Å². The molecule has 0 aromatic heterocycles. The van der Waals surface area contributed by atoms with E-state index >= 15 is 0 Å². The minimum atomic E-state index is -0.173. The fraction of sp³-hybridized carbons (Fsp3) is 0.500. The molecule has 0 unspecified atom stereocenters. The summed E-state index contributed by atoms with van der Waals surface area (Å²) in [5, 5.41) is 2.85. The van der Waals surface area contributed by atoms with Gasteiger partial charge in [-0.1, -0.05) is 12.1 Å². The third-order valence-electron chi connectivity index (χ3n) is 2.83. The van der Waals surface area contributed by atoms with Crippen LogP contribution in [0.1, 0.15) is 5.56 Å². The zero-order chi connectivity index (χ0) is 14.8. The number of methoxy groups -OCH3 is 2. The van der Waals surface area contributed by atoms with Crippen LogP contribution in [0.15, 0.2) is 24.3 Å². The van der Waals surface area contributed by atoms with E-state index in [0.29, 0.717) is 32.8 Å². The van der Waals surface area contributed by atoms with Crippen molar-refractivity contribution in [3.05, 3.63) is 29.8 Å². The lowest BCUT2D eigenvalue weighted by Crippen LogP contribution is -2.39. The minimum Gasteiger partial charge on any atom is -0.383 e. The molecular weight excluding hydrogens is 258 g/mol. The minimum absolute atomic E-state index is 0.173. The number of benzene rings is 1. The second-order valence-electron chi connectivity index (χ2n) is 4.31. The molecule has 6 nitrogen and oxygen atoms in total. The first-order chi connectivity index (χ1) is 9.71. The first-order valence-corrected chi connectivity index (χ1v) is 6.54. The van der Waals surface area contributed by atoms with Crippen molar-refractivity contribution in [3.63, 3.8) is 0 Å². The number of nitrogens with one attached hydrogen (secondary N) is 1. The third kappa shape index (κ3) is 5.56. The molecule has 0 aliphatic heterocycles. The average Bonchev–Trinajstić information content (AvgIpc) is 2.47. The van der Waals surface area contributed by atoms with E-state index in [0.717, 1.165) is 11.3 Å². The summed E-state index contributed by atoms with van der Waals surface area (Å²) < 4.78 is 10.0. The number of hydrogen-bond acceptors (Lipinski definition) is 4. The van der Waals surface area contributed by atoms with Crippen molar-refractivity contribution in [2.24, 2.45) is 5.73 Å². The molecule has 1 aromatic carbocycles. The van der Waals surface area contributed by atoms with Crippen LogP contribution in [-0.2, 0) is 16.0 Å². The lowest BCUT2D eigenvalue weighted by molar-refractivity contribution is 0.127. The Morgan fingerprint density at radius 1 is 1.25 bits per heavy atom. The van der Waals surface area contributed by atoms with Gasteiger partial charge < -0.3 is 25.4 Å². The first kappa shape index (κ1) is 16.4. The van der Waals surface area contributed by atoms with Crippen molar-refractivity contribution < 1.29 is 14.3 Å². The number of carbonyl (C=O) groups excluding carboxylic acids is 1. The van der Waals surface area contributed by atoms with Gasteiger partial charge >= 0.3 is 6.03 Å². The predicted octanol–water partition coefficient (Wildman–Crippen LogP) is 1.27. The number of anilines is 1. The fourth-order valence-electron chi connectivity index (χ4n) is 1.70. The predicted molar refractivity (Wildman–Crippen MR) is 78.7 cm³/mol. The summed E-state index contributed by atoms with van der Waals surface area (Å²) in [5.41, 5.74) is 7.29. The molecule has 112 valence electrons. The van der Waals surface area contributed by atoms with E-state index in [-0.39, 0.29) is 6.03 Å². The SMILES string of the molecule is COCCN(CCOC)C(=O)Nc1cccc(CN)c1. The second-order valence-corrected chi connectivity index (χ2v) is 4.31. The van der Waals surface area contributed by atoms with Gasteiger partial charge in [0.2, 0.25) is 0 Å². The summed E-state index contributed by atoms with van der Waals surface area (Å²) in [7, 11) is 3.22. The number of nitrogens with two attached hydrogens (primary N) is 1. The molecule has 0 aliphatic carbocycles. The summed E-state index contributed by atoms with van der Waals surface area (Å²) in [6.45, 7) is 2.45. The molecular formula is C14H23N3O3. The van der Waals surface area contributed by atoms with Gasteiger partial charge in [0, 0.05) is 39.5 Å². The Kier molecular flexibility index (Phi) is 7.64. The first-order valence-electron chi connectivity index (χ1n) is 6.54. The van der Waals surface area contributed by atoms with Crippen molar-refractivity contribution in [2.75, 3.05) is 45.8 Å². The molecule has 0 saturated heterocycles. The molecule has 1 rings (SSSR count). The summed E-state index contributed by atoms with van der Waals surface area (Å²) in [4.78, 5) is 13.9. The Bertz CT molecular complexity index is 404. The van der Waals surface area contributed by atoms with Gasteiger partial charge in [-0.05, 0) is 17.7 Å². The van der Waals surface area contributed by atoms with Gasteiger partial charge in [-0.2, -0.15) is 0 Å². The normalized spacial score (nSPS) is 10.3. The largest absolute Gasteiger partial charge is 0.383 e. The zero-order valence-corrected chi connectivity index (χ0v) is 12.1. The highest BCUT2D eigenvalue weighted by Gasteiger charge is 2.13. The molecule has 0 saturated carbocycles. The molecule has 0 spiro atoms. The van der Waals surface area contributed by atoms with Gasteiger partial charge in [0.1, 0.15) is 0 Å². The quantitative estimate of drug-likeness (QED) is 0.752. The maximum Gasteiger partial charge on any atom is 0.321 e. The van der Waals surface area contributed by atoms with Crippen LogP contribution in [0, 0.1) is 0 Å². The number of rotatable bonds is 8. The highest BCUT2D eigenvalue weighted by molar-refractivity contribution is 5.89. The van der Waals surface area contributed by atoms with Crippen LogP contribution in [0.25, 0.3) is 0 Å². The number of nitrogens with zero attached hydrogens (tertiary/aromatic N) is 1. The molecule has 0 radical (unpaired) electrons. The summed E-state index contributed by atoms with van der Waals surface area (Å²) in [5.74, 6) is 0. The smallest absolute Gasteiger partial charge is 0.321 e. The zero-order valence-electron chi connectivity index (χ0n) is 12.1. The average molecular weight is 281 g/mol. The Morgan fingerprint density at radius 2 is 1.90 bits per heavy atom. The van der Waals surface area contributed by atoms with Crippen molar-refractivity contribution in [1.82, 2.24) is 4.90 Å². The number of amides is 2. The summed E-state index contributed by atoms with van der Waals surface area (Å²) in [6, 6.07) is 7.31. The molecule has 0 bridgehead atoms. The molecule has 0 atom stereocenters. The number of urea groups is 1. The van der Waals surface area contributed by atoms with E-state index < -0.39 is 0 Å². The summed E-state index contributed by atoms with van der Waals surface area (Å²) >= 11 is 0. The highest BCUT2D eigenvalue weighted by Crippen LogP contribution is 2.11. The van der Waals surface area contributed by atoms with E-state index in [1.54, 1.807) is 19.1 Å². The van der Waals surface area contributed by atoms with Crippen molar-refractivity contribution in [1.29, 1.82) is 0 Å². The maximum absolute atomic E-state index is 12.2. The number of carbonyl (C=O) groups is 1. The van der Waals surface area contributed by atoms with Gasteiger partial charge in [-0.15, -0.1) is 0 Å². The third-order valence-corrected chi connectivity index (χ3v) is 2.83. The molecule has 20 heavy (non-hydrogen) atoms. The fourth-order valence-corrected chi connectivity index (χ4v) is 1.70. The standard InChI is InChI=1S/C14H23N3O3/c1-19-8-6-17(7-9-20-2)14(18)16-13-5-3-4-12(10-13)11-15/h3-5,10H,6-9,11,15H2,1-2H3,(H,16,18). The van der Waals surface area contributed by atoms with E-state index in [9.17, 15) is 4.79 Å². The van der Waals surface area contributed by atoms with Crippen LogP contribution in [0.5, 0.6) is 0 Å².